The Labute approximate surface area is 274 Å². The Morgan fingerprint density at radius 2 is 0.909 bits per heavy atom. The minimum absolute atomic E-state index is 0.116. The first kappa shape index (κ1) is 32.0. The van der Waals surface area contributed by atoms with E-state index in [2.05, 4.69) is 140 Å². The summed E-state index contributed by atoms with van der Waals surface area (Å²) in [7, 11) is 17.2. The van der Waals surface area contributed by atoms with E-state index in [1.165, 1.54) is 77.9 Å². The Bertz CT molecular complexity index is 1690. The molecule has 2 aliphatic rings. The van der Waals surface area contributed by atoms with Gasteiger partial charge >= 0.3 is 276 Å². The maximum atomic E-state index is 8.62. The molecule has 2 atom stereocenters. The van der Waals surface area contributed by atoms with Gasteiger partial charge in [-0.3, -0.25) is 0 Å². The van der Waals surface area contributed by atoms with Crippen LogP contribution in [0, 0.1) is 27.7 Å². The summed E-state index contributed by atoms with van der Waals surface area (Å²) in [4.78, 5) is 0. The average molecular weight is 716 g/mol. The third kappa shape index (κ3) is 4.69. The molecule has 0 fully saturated rings. The average Bonchev–Trinajstić information content (AvgIpc) is 3.58. The van der Waals surface area contributed by atoms with Gasteiger partial charge in [-0.25, -0.2) is 0 Å². The molecule has 227 valence electrons. The third-order valence-electron chi connectivity index (χ3n) is 10.8. The Morgan fingerprint density at radius 1 is 0.568 bits per heavy atom. The van der Waals surface area contributed by atoms with E-state index in [0.717, 1.165) is 12.8 Å². The van der Waals surface area contributed by atoms with Crippen molar-refractivity contribution in [3.63, 3.8) is 0 Å². The summed E-state index contributed by atoms with van der Waals surface area (Å²) < 4.78 is 0.232. The van der Waals surface area contributed by atoms with E-state index in [0.29, 0.717) is 0 Å². The molecule has 4 aromatic rings. The standard InChI is InChI=1S/2C19H19.C2H7Si.2ClH.Zr/c2*1-4-15-11-16-9-6-10-17(18(16)12-15)19-13(2)7-5-8-14(19)3;1-3-2;;;/h2*5-12H,4H2,1-3H3;3H,1-2H3;2*1H;/q;;;;;+2/p-2. The second-order valence-electron chi connectivity index (χ2n) is 13.5. The number of halogens is 2. The Kier molecular flexibility index (Phi) is 8.50. The fraction of sp³-hybridized carbons (Fsp3) is 0.300. The van der Waals surface area contributed by atoms with E-state index in [1.807, 2.05) is 0 Å². The van der Waals surface area contributed by atoms with Crippen LogP contribution in [-0.2, 0) is 15.6 Å². The molecular formula is C40H45Cl2SiZr. The summed E-state index contributed by atoms with van der Waals surface area (Å²) in [6.45, 7) is 18.4. The van der Waals surface area contributed by atoms with Crippen LogP contribution in [0.15, 0.2) is 83.9 Å². The molecule has 0 aliphatic heterocycles. The Balaban J connectivity index is 1.61. The zero-order valence-corrected chi connectivity index (χ0v) is 32.6. The van der Waals surface area contributed by atoms with Crippen molar-refractivity contribution >= 4 is 35.1 Å². The molecule has 0 spiro atoms. The van der Waals surface area contributed by atoms with Gasteiger partial charge in [0.05, 0.1) is 0 Å². The van der Waals surface area contributed by atoms with Crippen LogP contribution in [0.3, 0.4) is 0 Å². The van der Waals surface area contributed by atoms with Crippen molar-refractivity contribution in [2.75, 3.05) is 0 Å². The van der Waals surface area contributed by atoms with Crippen molar-refractivity contribution in [1.29, 1.82) is 0 Å². The molecule has 0 saturated carbocycles. The van der Waals surface area contributed by atoms with Gasteiger partial charge in [0.25, 0.3) is 0 Å². The molecular weight excluding hydrogens is 671 g/mol. The van der Waals surface area contributed by atoms with E-state index in [9.17, 15) is 0 Å². The number of benzene rings is 4. The van der Waals surface area contributed by atoms with Gasteiger partial charge in [-0.1, -0.05) is 0 Å². The summed E-state index contributed by atoms with van der Waals surface area (Å²) in [6, 6.07) is 27.1. The van der Waals surface area contributed by atoms with Crippen LogP contribution in [-0.4, -0.2) is 5.92 Å². The number of hydrogen-bond donors (Lipinski definition) is 0. The molecule has 0 heterocycles. The quantitative estimate of drug-likeness (QED) is 0.167. The van der Waals surface area contributed by atoms with Crippen LogP contribution in [0.4, 0.5) is 0 Å². The normalized spacial score (nSPS) is 18.5. The molecule has 0 radical (unpaired) electrons. The molecule has 0 N–H and O–H groups in total. The Morgan fingerprint density at radius 3 is 1.23 bits per heavy atom. The van der Waals surface area contributed by atoms with Gasteiger partial charge in [0.1, 0.15) is 0 Å². The summed E-state index contributed by atoms with van der Waals surface area (Å²) in [6.07, 6.45) is 6.88. The zero-order chi connectivity index (χ0) is 31.6. The minimum atomic E-state index is -4.78. The van der Waals surface area contributed by atoms with Crippen LogP contribution in [0.2, 0.25) is 13.1 Å². The topological polar surface area (TPSA) is 0 Å². The number of rotatable bonds is 7. The number of fused-ring (bicyclic) bond motifs is 2. The van der Waals surface area contributed by atoms with Gasteiger partial charge in [-0.15, -0.1) is 0 Å². The van der Waals surface area contributed by atoms with Crippen LogP contribution in [0.5, 0.6) is 0 Å². The first-order valence-electron chi connectivity index (χ1n) is 16.3. The van der Waals surface area contributed by atoms with Crippen molar-refractivity contribution in [1.82, 2.24) is 0 Å². The van der Waals surface area contributed by atoms with Crippen LogP contribution in [0.25, 0.3) is 34.4 Å². The molecule has 2 unspecified atom stereocenters. The van der Waals surface area contributed by atoms with Gasteiger partial charge in [-0.05, 0) is 0 Å². The van der Waals surface area contributed by atoms with E-state index >= 15 is 0 Å². The number of allylic oxidation sites excluding steroid dienone is 2. The molecule has 0 amide bonds. The molecule has 44 heavy (non-hydrogen) atoms. The predicted molar refractivity (Wildman–Crippen MR) is 195 cm³/mol. The molecule has 0 nitrogen and oxygen atoms in total. The van der Waals surface area contributed by atoms with Gasteiger partial charge < -0.3 is 0 Å². The Hall–Kier alpha value is -1.96. The SMILES string of the molecule is CCC1=Cc2c(-c3c(C)cccc3C)cccc2[CH]1[Zr]([Cl])([Cl])([CH]1C(CC)=Cc2c(-c3c(C)cccc3C)cccc21)[SiH](C)C. The number of hydrogen-bond acceptors (Lipinski definition) is 0. The third-order valence-corrected chi connectivity index (χ3v) is 62.7. The summed E-state index contributed by atoms with van der Waals surface area (Å²) in [5.74, 6) is -1.60. The molecule has 6 rings (SSSR count). The van der Waals surface area contributed by atoms with Crippen molar-refractivity contribution in [2.24, 2.45) is 0 Å². The van der Waals surface area contributed by atoms with Crippen LogP contribution in [0.1, 0.15) is 78.4 Å². The van der Waals surface area contributed by atoms with Gasteiger partial charge in [0, 0.05) is 0 Å². The second kappa shape index (κ2) is 11.7. The molecule has 0 aromatic heterocycles. The fourth-order valence-corrected chi connectivity index (χ4v) is 40.4. The molecule has 4 aromatic carbocycles. The van der Waals surface area contributed by atoms with E-state index in [4.69, 9.17) is 17.0 Å². The van der Waals surface area contributed by atoms with E-state index in [1.54, 1.807) is 0 Å². The molecule has 0 bridgehead atoms. The van der Waals surface area contributed by atoms with E-state index < -0.39 is 21.5 Å². The first-order valence-corrected chi connectivity index (χ1v) is 32.6. The fourth-order valence-electron chi connectivity index (χ4n) is 8.59. The van der Waals surface area contributed by atoms with Crippen LogP contribution >= 0.6 is 17.0 Å². The molecule has 4 heteroatoms. The first-order chi connectivity index (χ1) is 20.9. The zero-order valence-electron chi connectivity index (χ0n) is 27.5. The van der Waals surface area contributed by atoms with Crippen molar-refractivity contribution < 1.29 is 15.6 Å². The summed E-state index contributed by atoms with van der Waals surface area (Å²) in [5, 5.41) is 0. The van der Waals surface area contributed by atoms with Crippen molar-refractivity contribution in [3.8, 4) is 22.3 Å². The van der Waals surface area contributed by atoms with Gasteiger partial charge in [-0.2, -0.15) is 0 Å². The van der Waals surface area contributed by atoms with Gasteiger partial charge in [0.15, 0.2) is 0 Å². The molecule has 2 aliphatic carbocycles. The maximum absolute atomic E-state index is 8.62. The van der Waals surface area contributed by atoms with Crippen molar-refractivity contribution in [3.05, 3.63) is 128 Å². The van der Waals surface area contributed by atoms with E-state index in [-0.39, 0.29) is 7.25 Å². The second-order valence-corrected chi connectivity index (χ2v) is 56.0. The monoisotopic (exact) mass is 713 g/mol. The van der Waals surface area contributed by atoms with Crippen molar-refractivity contribution in [2.45, 2.75) is 74.7 Å². The predicted octanol–water partition coefficient (Wildman–Crippen LogP) is 12.6. The number of aryl methyl sites for hydroxylation is 4. The summed E-state index contributed by atoms with van der Waals surface area (Å²) >= 11 is -4.78. The van der Waals surface area contributed by atoms with Crippen LogP contribution < -0.4 is 0 Å². The molecule has 0 saturated heterocycles. The van der Waals surface area contributed by atoms with Gasteiger partial charge in [0.2, 0.25) is 0 Å². The summed E-state index contributed by atoms with van der Waals surface area (Å²) in [5.41, 5.74) is 18.9.